The summed E-state index contributed by atoms with van der Waals surface area (Å²) in [7, 11) is -3.68. The molecule has 0 radical (unpaired) electrons. The summed E-state index contributed by atoms with van der Waals surface area (Å²) >= 11 is 0. The molecule has 9 nitrogen and oxygen atoms in total. The van der Waals surface area contributed by atoms with Gasteiger partial charge in [0.2, 0.25) is 10.0 Å². The number of hydrogen-bond acceptors (Lipinski definition) is 7. The molecule has 23 heavy (non-hydrogen) atoms. The van der Waals surface area contributed by atoms with Gasteiger partial charge in [-0.2, -0.15) is 4.31 Å². The Morgan fingerprint density at radius 1 is 1.30 bits per heavy atom. The van der Waals surface area contributed by atoms with Crippen molar-refractivity contribution in [3.05, 3.63) is 24.5 Å². The van der Waals surface area contributed by atoms with E-state index in [9.17, 15) is 8.42 Å². The van der Waals surface area contributed by atoms with Gasteiger partial charge in [0, 0.05) is 13.1 Å². The summed E-state index contributed by atoms with van der Waals surface area (Å²) in [5.74, 6) is 0.316. The van der Waals surface area contributed by atoms with E-state index in [4.69, 9.17) is 9.47 Å². The monoisotopic (exact) mass is 339 g/mol. The molecule has 3 rings (SSSR count). The van der Waals surface area contributed by atoms with Gasteiger partial charge in [0.15, 0.2) is 0 Å². The van der Waals surface area contributed by atoms with E-state index < -0.39 is 10.0 Å². The summed E-state index contributed by atoms with van der Waals surface area (Å²) in [4.78, 5) is 0.106. The third-order valence-corrected chi connectivity index (χ3v) is 5.35. The van der Waals surface area contributed by atoms with Crippen molar-refractivity contribution < 1.29 is 17.9 Å². The summed E-state index contributed by atoms with van der Waals surface area (Å²) in [6, 6.07) is 4.85. The molecular weight excluding hydrogens is 322 g/mol. The molecule has 0 aliphatic carbocycles. The zero-order valence-electron chi connectivity index (χ0n) is 12.6. The van der Waals surface area contributed by atoms with Crippen LogP contribution in [0.1, 0.15) is 6.92 Å². The molecule has 1 aromatic carbocycles. The molecule has 0 spiro atoms. The maximum absolute atomic E-state index is 12.9. The van der Waals surface area contributed by atoms with E-state index in [2.05, 4.69) is 15.5 Å². The molecular formula is C13H17N5O4S. The van der Waals surface area contributed by atoms with Crippen LogP contribution >= 0.6 is 0 Å². The predicted molar refractivity (Wildman–Crippen MR) is 79.9 cm³/mol. The minimum absolute atomic E-state index is 0.106. The third-order valence-electron chi connectivity index (χ3n) is 3.43. The molecule has 0 atom stereocenters. The predicted octanol–water partition coefficient (Wildman–Crippen LogP) is 0.0819. The highest BCUT2D eigenvalue weighted by Gasteiger charge is 2.29. The van der Waals surface area contributed by atoms with Gasteiger partial charge >= 0.3 is 0 Å². The number of benzene rings is 1. The molecule has 1 aliphatic rings. The van der Waals surface area contributed by atoms with Crippen molar-refractivity contribution in [1.82, 2.24) is 24.5 Å². The molecule has 2 aromatic rings. The van der Waals surface area contributed by atoms with E-state index >= 15 is 0 Å². The molecule has 0 bridgehead atoms. The first kappa shape index (κ1) is 15.8. The van der Waals surface area contributed by atoms with Gasteiger partial charge in [-0.05, 0) is 35.5 Å². The van der Waals surface area contributed by atoms with Crippen LogP contribution in [0.25, 0.3) is 5.69 Å². The van der Waals surface area contributed by atoms with Gasteiger partial charge in [-0.1, -0.05) is 0 Å². The Labute approximate surface area is 133 Å². The van der Waals surface area contributed by atoms with Gasteiger partial charge in [-0.15, -0.1) is 5.10 Å². The summed E-state index contributed by atoms with van der Waals surface area (Å²) in [6.45, 7) is 3.59. The standard InChI is InChI=1S/C13H17N5O4S/c1-2-22-12-4-3-11(18-10-14-15-16-18)9-13(12)23(19,20)17-5-7-21-8-6-17/h3-4,9-10H,2,5-8H2,1H3. The van der Waals surface area contributed by atoms with Gasteiger partial charge < -0.3 is 9.47 Å². The van der Waals surface area contributed by atoms with Crippen LogP contribution in [0.2, 0.25) is 0 Å². The first-order valence-electron chi connectivity index (χ1n) is 7.21. The van der Waals surface area contributed by atoms with E-state index in [-0.39, 0.29) is 4.90 Å². The fourth-order valence-electron chi connectivity index (χ4n) is 2.32. The molecule has 2 heterocycles. The second-order valence-corrected chi connectivity index (χ2v) is 6.74. The highest BCUT2D eigenvalue weighted by atomic mass is 32.2. The van der Waals surface area contributed by atoms with Crippen LogP contribution in [0.5, 0.6) is 5.75 Å². The number of aromatic nitrogens is 4. The lowest BCUT2D eigenvalue weighted by Crippen LogP contribution is -2.40. The van der Waals surface area contributed by atoms with Crippen LogP contribution in [0.3, 0.4) is 0 Å². The van der Waals surface area contributed by atoms with Crippen LogP contribution < -0.4 is 4.74 Å². The fourth-order valence-corrected chi connectivity index (χ4v) is 3.88. The van der Waals surface area contributed by atoms with Crippen molar-refractivity contribution >= 4 is 10.0 Å². The number of rotatable bonds is 5. The zero-order valence-corrected chi connectivity index (χ0v) is 13.4. The number of ether oxygens (including phenoxy) is 2. The number of hydrogen-bond donors (Lipinski definition) is 0. The van der Waals surface area contributed by atoms with Crippen LogP contribution in [0, 0.1) is 0 Å². The van der Waals surface area contributed by atoms with Crippen molar-refractivity contribution in [3.63, 3.8) is 0 Å². The Kier molecular flexibility index (Phi) is 4.55. The lowest BCUT2D eigenvalue weighted by Gasteiger charge is -2.27. The number of sulfonamides is 1. The Balaban J connectivity index is 2.05. The summed E-state index contributed by atoms with van der Waals surface area (Å²) in [5.41, 5.74) is 0.547. The van der Waals surface area contributed by atoms with E-state index in [1.807, 2.05) is 0 Å². The van der Waals surface area contributed by atoms with Gasteiger partial charge in [0.05, 0.1) is 25.5 Å². The normalized spacial score (nSPS) is 16.4. The Morgan fingerprint density at radius 3 is 2.74 bits per heavy atom. The van der Waals surface area contributed by atoms with Crippen molar-refractivity contribution in [3.8, 4) is 11.4 Å². The van der Waals surface area contributed by atoms with Crippen molar-refractivity contribution in [2.45, 2.75) is 11.8 Å². The smallest absolute Gasteiger partial charge is 0.246 e. The highest BCUT2D eigenvalue weighted by molar-refractivity contribution is 7.89. The Bertz CT molecular complexity index is 757. The van der Waals surface area contributed by atoms with E-state index in [0.29, 0.717) is 44.3 Å². The Hall–Kier alpha value is -2.04. The van der Waals surface area contributed by atoms with E-state index in [1.54, 1.807) is 19.1 Å². The molecule has 0 saturated carbocycles. The minimum Gasteiger partial charge on any atom is -0.492 e. The van der Waals surface area contributed by atoms with Crippen LogP contribution in [-0.2, 0) is 14.8 Å². The molecule has 1 aromatic heterocycles. The summed E-state index contributed by atoms with van der Waals surface area (Å²) < 4.78 is 39.4. The maximum atomic E-state index is 12.9. The fraction of sp³-hybridized carbons (Fsp3) is 0.462. The number of nitrogens with zero attached hydrogens (tertiary/aromatic N) is 5. The van der Waals surface area contributed by atoms with Gasteiger partial charge in [-0.25, -0.2) is 13.1 Å². The lowest BCUT2D eigenvalue weighted by molar-refractivity contribution is 0.0729. The van der Waals surface area contributed by atoms with Gasteiger partial charge in [0.25, 0.3) is 0 Å². The largest absolute Gasteiger partial charge is 0.492 e. The first-order chi connectivity index (χ1) is 11.1. The first-order valence-corrected chi connectivity index (χ1v) is 8.65. The summed E-state index contributed by atoms with van der Waals surface area (Å²) in [5, 5.41) is 10.9. The average molecular weight is 339 g/mol. The number of tetrazole rings is 1. The quantitative estimate of drug-likeness (QED) is 0.760. The lowest BCUT2D eigenvalue weighted by atomic mass is 10.3. The summed E-state index contributed by atoms with van der Waals surface area (Å²) in [6.07, 6.45) is 1.40. The van der Waals surface area contributed by atoms with Crippen LogP contribution in [-0.4, -0.2) is 65.8 Å². The topological polar surface area (TPSA) is 99.4 Å². The molecule has 0 unspecified atom stereocenters. The molecule has 1 aliphatic heterocycles. The second kappa shape index (κ2) is 6.60. The molecule has 0 N–H and O–H groups in total. The molecule has 0 amide bonds. The van der Waals surface area contributed by atoms with E-state index in [1.165, 1.54) is 21.4 Å². The number of morpholine rings is 1. The molecule has 1 fully saturated rings. The average Bonchev–Trinajstić information content (AvgIpc) is 3.11. The Morgan fingerprint density at radius 2 is 2.09 bits per heavy atom. The highest BCUT2D eigenvalue weighted by Crippen LogP contribution is 2.29. The SMILES string of the molecule is CCOc1ccc(-n2cnnn2)cc1S(=O)(=O)N1CCOCC1. The van der Waals surface area contributed by atoms with Crippen molar-refractivity contribution in [1.29, 1.82) is 0 Å². The zero-order chi connectivity index (χ0) is 16.3. The van der Waals surface area contributed by atoms with Crippen LogP contribution in [0.4, 0.5) is 0 Å². The van der Waals surface area contributed by atoms with Crippen molar-refractivity contribution in [2.75, 3.05) is 32.9 Å². The van der Waals surface area contributed by atoms with Gasteiger partial charge in [-0.3, -0.25) is 0 Å². The van der Waals surface area contributed by atoms with Crippen molar-refractivity contribution in [2.24, 2.45) is 0 Å². The molecule has 10 heteroatoms. The molecule has 124 valence electrons. The molecule has 1 saturated heterocycles. The maximum Gasteiger partial charge on any atom is 0.246 e. The minimum atomic E-state index is -3.68. The third kappa shape index (κ3) is 3.19. The van der Waals surface area contributed by atoms with Gasteiger partial charge in [0.1, 0.15) is 17.0 Å². The van der Waals surface area contributed by atoms with Crippen LogP contribution in [0.15, 0.2) is 29.4 Å². The second-order valence-electron chi connectivity index (χ2n) is 4.83. The van der Waals surface area contributed by atoms with E-state index in [0.717, 1.165) is 0 Å².